The van der Waals surface area contributed by atoms with Crippen molar-refractivity contribution >= 4 is 0 Å². The van der Waals surface area contributed by atoms with E-state index in [1.807, 2.05) is 6.92 Å². The van der Waals surface area contributed by atoms with Crippen LogP contribution in [-0.4, -0.2) is 12.6 Å². The molecule has 3 heteroatoms. The lowest BCUT2D eigenvalue weighted by molar-refractivity contribution is 0.00134. The van der Waals surface area contributed by atoms with Gasteiger partial charge in [0.05, 0.1) is 19.3 Å². The van der Waals surface area contributed by atoms with Crippen LogP contribution in [0.4, 0.5) is 0 Å². The third kappa shape index (κ3) is 5.15. The summed E-state index contributed by atoms with van der Waals surface area (Å²) in [6.07, 6.45) is 8.04. The molecule has 0 aliphatic heterocycles. The molecule has 0 spiro atoms. The number of rotatable bonds is 8. The van der Waals surface area contributed by atoms with Gasteiger partial charge < -0.3 is 14.5 Å². The Morgan fingerprint density at radius 2 is 2.19 bits per heavy atom. The fraction of sp³-hybridized carbons (Fsp3) is 0.778. The van der Waals surface area contributed by atoms with E-state index in [9.17, 15) is 0 Å². The molecule has 2 unspecified atom stereocenters. The zero-order chi connectivity index (χ0) is 15.1. The lowest BCUT2D eigenvalue weighted by Gasteiger charge is -2.28. The normalized spacial score (nSPS) is 22.6. The second-order valence-corrected chi connectivity index (χ2v) is 6.34. The van der Waals surface area contributed by atoms with Gasteiger partial charge >= 0.3 is 0 Å². The van der Waals surface area contributed by atoms with Gasteiger partial charge in [-0.1, -0.05) is 33.1 Å². The fourth-order valence-corrected chi connectivity index (χ4v) is 3.18. The Kier molecular flexibility index (Phi) is 6.78. The van der Waals surface area contributed by atoms with Crippen molar-refractivity contribution < 1.29 is 9.15 Å². The maximum absolute atomic E-state index is 6.14. The van der Waals surface area contributed by atoms with E-state index < -0.39 is 0 Å². The van der Waals surface area contributed by atoms with Gasteiger partial charge in [0.1, 0.15) is 11.5 Å². The smallest absolute Gasteiger partial charge is 0.118 e. The van der Waals surface area contributed by atoms with E-state index in [1.165, 1.54) is 37.7 Å². The topological polar surface area (TPSA) is 34.4 Å². The van der Waals surface area contributed by atoms with Crippen LogP contribution in [0.5, 0.6) is 0 Å². The number of hydrogen-bond donors (Lipinski definition) is 1. The van der Waals surface area contributed by atoms with Gasteiger partial charge in [-0.05, 0) is 44.7 Å². The third-order valence-electron chi connectivity index (χ3n) is 4.58. The van der Waals surface area contributed by atoms with Crippen LogP contribution in [0.15, 0.2) is 10.5 Å². The number of furan rings is 1. The Hall–Kier alpha value is -0.800. The zero-order valence-electron chi connectivity index (χ0n) is 13.9. The Labute approximate surface area is 129 Å². The maximum Gasteiger partial charge on any atom is 0.118 e. The first-order chi connectivity index (χ1) is 10.2. The molecule has 1 heterocycles. The number of hydrogen-bond acceptors (Lipinski definition) is 3. The van der Waals surface area contributed by atoms with Crippen molar-refractivity contribution in [1.29, 1.82) is 0 Å². The molecule has 1 fully saturated rings. The second kappa shape index (κ2) is 8.60. The highest BCUT2D eigenvalue weighted by Gasteiger charge is 2.21. The molecule has 2 atom stereocenters. The molecule has 0 radical (unpaired) electrons. The molecular formula is C18H31NO2. The van der Waals surface area contributed by atoms with E-state index in [0.717, 1.165) is 36.9 Å². The van der Waals surface area contributed by atoms with Crippen LogP contribution in [0, 0.1) is 12.8 Å². The Morgan fingerprint density at radius 3 is 2.95 bits per heavy atom. The molecule has 0 bridgehead atoms. The van der Waals surface area contributed by atoms with Crippen molar-refractivity contribution in [3.05, 3.63) is 23.2 Å². The largest absolute Gasteiger partial charge is 0.465 e. The van der Waals surface area contributed by atoms with Crippen LogP contribution in [-0.2, 0) is 17.9 Å². The molecule has 0 saturated heterocycles. The first-order valence-electron chi connectivity index (χ1n) is 8.63. The lowest BCUT2D eigenvalue weighted by atomic mass is 9.85. The highest BCUT2D eigenvalue weighted by atomic mass is 16.5. The molecule has 1 aromatic rings. The van der Waals surface area contributed by atoms with Crippen molar-refractivity contribution in [3.8, 4) is 0 Å². The van der Waals surface area contributed by atoms with Gasteiger partial charge in [-0.2, -0.15) is 0 Å². The molecule has 2 rings (SSSR count). The van der Waals surface area contributed by atoms with Gasteiger partial charge in [-0.15, -0.1) is 0 Å². The van der Waals surface area contributed by atoms with Gasteiger partial charge in [-0.3, -0.25) is 0 Å². The Bertz CT molecular complexity index is 413. The van der Waals surface area contributed by atoms with Crippen LogP contribution in [0.1, 0.15) is 69.5 Å². The third-order valence-corrected chi connectivity index (χ3v) is 4.58. The molecule has 120 valence electrons. The van der Waals surface area contributed by atoms with Crippen molar-refractivity contribution in [1.82, 2.24) is 5.32 Å². The van der Waals surface area contributed by atoms with E-state index in [4.69, 9.17) is 9.15 Å². The summed E-state index contributed by atoms with van der Waals surface area (Å²) >= 11 is 0. The molecule has 3 nitrogen and oxygen atoms in total. The quantitative estimate of drug-likeness (QED) is 0.713. The molecule has 1 N–H and O–H groups in total. The summed E-state index contributed by atoms with van der Waals surface area (Å²) in [6, 6.07) is 2.15. The van der Waals surface area contributed by atoms with Crippen LogP contribution in [0.3, 0.4) is 0 Å². The highest BCUT2D eigenvalue weighted by molar-refractivity contribution is 5.20. The van der Waals surface area contributed by atoms with Crippen molar-refractivity contribution in [2.24, 2.45) is 5.92 Å². The van der Waals surface area contributed by atoms with Crippen molar-refractivity contribution in [2.45, 2.75) is 78.6 Å². The Morgan fingerprint density at radius 1 is 1.33 bits per heavy atom. The van der Waals surface area contributed by atoms with E-state index in [0.29, 0.717) is 12.7 Å². The molecule has 1 saturated carbocycles. The monoisotopic (exact) mass is 293 g/mol. The molecule has 1 aliphatic carbocycles. The van der Waals surface area contributed by atoms with Crippen LogP contribution < -0.4 is 5.32 Å². The van der Waals surface area contributed by atoms with Crippen LogP contribution in [0.25, 0.3) is 0 Å². The summed E-state index contributed by atoms with van der Waals surface area (Å²) in [5.74, 6) is 2.89. The van der Waals surface area contributed by atoms with Crippen LogP contribution >= 0.6 is 0 Å². The standard InChI is InChI=1S/C18H31NO2/c1-4-9-19-12-18-11-16(14(3)21-18)13-20-17-8-6-7-15(5-2)10-17/h11,15,17,19H,4-10,12-13H2,1-3H3. The number of aryl methyl sites for hydroxylation is 1. The van der Waals surface area contributed by atoms with Gasteiger partial charge in [0.15, 0.2) is 0 Å². The lowest BCUT2D eigenvalue weighted by Crippen LogP contribution is -2.22. The predicted molar refractivity (Wildman–Crippen MR) is 86.3 cm³/mol. The van der Waals surface area contributed by atoms with E-state index in [2.05, 4.69) is 25.2 Å². The first kappa shape index (κ1) is 16.6. The highest BCUT2D eigenvalue weighted by Crippen LogP contribution is 2.29. The average molecular weight is 293 g/mol. The van der Waals surface area contributed by atoms with Crippen molar-refractivity contribution in [2.75, 3.05) is 6.54 Å². The minimum Gasteiger partial charge on any atom is -0.465 e. The summed E-state index contributed by atoms with van der Waals surface area (Å²) in [7, 11) is 0. The average Bonchev–Trinajstić information content (AvgIpc) is 2.86. The summed E-state index contributed by atoms with van der Waals surface area (Å²) in [4.78, 5) is 0. The van der Waals surface area contributed by atoms with Crippen molar-refractivity contribution in [3.63, 3.8) is 0 Å². The molecule has 21 heavy (non-hydrogen) atoms. The molecule has 0 aromatic carbocycles. The maximum atomic E-state index is 6.14. The minimum atomic E-state index is 0.444. The van der Waals surface area contributed by atoms with Gasteiger partial charge in [0, 0.05) is 5.56 Å². The predicted octanol–water partition coefficient (Wildman–Crippen LogP) is 4.57. The van der Waals surface area contributed by atoms with E-state index in [1.54, 1.807) is 0 Å². The summed E-state index contributed by atoms with van der Waals surface area (Å²) in [6.45, 7) is 9.06. The number of ether oxygens (including phenoxy) is 1. The van der Waals surface area contributed by atoms with Gasteiger partial charge in [0.25, 0.3) is 0 Å². The zero-order valence-corrected chi connectivity index (χ0v) is 13.9. The van der Waals surface area contributed by atoms with Gasteiger partial charge in [-0.25, -0.2) is 0 Å². The van der Waals surface area contributed by atoms with Gasteiger partial charge in [0.2, 0.25) is 0 Å². The summed E-state index contributed by atoms with van der Waals surface area (Å²) in [5.41, 5.74) is 1.21. The molecular weight excluding hydrogens is 262 g/mol. The van der Waals surface area contributed by atoms with Crippen LogP contribution in [0.2, 0.25) is 0 Å². The van der Waals surface area contributed by atoms with E-state index >= 15 is 0 Å². The molecule has 1 aliphatic rings. The fourth-order valence-electron chi connectivity index (χ4n) is 3.18. The second-order valence-electron chi connectivity index (χ2n) is 6.34. The first-order valence-corrected chi connectivity index (χ1v) is 8.63. The SMILES string of the molecule is CCCNCc1cc(COC2CCCC(CC)C2)c(C)o1. The molecule has 0 amide bonds. The summed E-state index contributed by atoms with van der Waals surface area (Å²) in [5, 5.41) is 3.38. The van der Waals surface area contributed by atoms with E-state index in [-0.39, 0.29) is 0 Å². The Balaban J connectivity index is 1.79. The number of nitrogens with one attached hydrogen (secondary N) is 1. The minimum absolute atomic E-state index is 0.444. The molecule has 1 aromatic heterocycles. The summed E-state index contributed by atoms with van der Waals surface area (Å²) < 4.78 is 11.9.